The number of nitrogens with two attached hydrogens (primary N) is 1. The van der Waals surface area contributed by atoms with Crippen molar-refractivity contribution in [1.29, 1.82) is 0 Å². The number of fused-ring (bicyclic) bond motifs is 1. The van der Waals surface area contributed by atoms with Crippen molar-refractivity contribution in [2.45, 2.75) is 31.5 Å². The molecule has 3 rings (SSSR count). The summed E-state index contributed by atoms with van der Waals surface area (Å²) in [5.41, 5.74) is 8.41. The molecule has 110 valence electrons. The van der Waals surface area contributed by atoms with Gasteiger partial charge in [0.05, 0.1) is 12.0 Å². The first-order chi connectivity index (χ1) is 10.1. The molecule has 0 aliphatic heterocycles. The van der Waals surface area contributed by atoms with Gasteiger partial charge in [0, 0.05) is 18.0 Å². The average Bonchev–Trinajstić information content (AvgIpc) is 3.04. The van der Waals surface area contributed by atoms with Gasteiger partial charge in [-0.05, 0) is 34.6 Å². The second kappa shape index (κ2) is 5.97. The van der Waals surface area contributed by atoms with Crippen LogP contribution in [0.15, 0.2) is 35.7 Å². The molecule has 4 N–H and O–H groups in total. The minimum absolute atomic E-state index is 0.454. The zero-order valence-electron chi connectivity index (χ0n) is 11.6. The fourth-order valence-electron chi connectivity index (χ4n) is 2.87. The lowest BCUT2D eigenvalue weighted by molar-refractivity contribution is -0.121. The Hall–Kier alpha value is -1.69. The number of aliphatic hydroxyl groups excluding tert-OH is 1. The summed E-state index contributed by atoms with van der Waals surface area (Å²) in [4.78, 5) is 12.8. The van der Waals surface area contributed by atoms with Crippen LogP contribution in [0.1, 0.15) is 27.5 Å². The fraction of sp³-hybridized carbons (Fsp3) is 0.312. The van der Waals surface area contributed by atoms with Gasteiger partial charge >= 0.3 is 0 Å². The summed E-state index contributed by atoms with van der Waals surface area (Å²) in [7, 11) is 0. The topological polar surface area (TPSA) is 75.4 Å². The third-order valence-corrected chi connectivity index (χ3v) is 4.75. The number of nitrogens with one attached hydrogen (secondary N) is 1. The largest absolute Gasteiger partial charge is 0.392 e. The molecule has 0 radical (unpaired) electrons. The predicted molar refractivity (Wildman–Crippen MR) is 83.0 cm³/mol. The van der Waals surface area contributed by atoms with E-state index in [9.17, 15) is 9.90 Å². The fourth-order valence-corrected chi connectivity index (χ4v) is 3.54. The Labute approximate surface area is 127 Å². The predicted octanol–water partition coefficient (Wildman–Crippen LogP) is 1.52. The molecule has 1 heterocycles. The van der Waals surface area contributed by atoms with Crippen molar-refractivity contribution in [3.05, 3.63) is 57.3 Å². The van der Waals surface area contributed by atoms with E-state index in [0.717, 1.165) is 29.8 Å². The smallest absolute Gasteiger partial charge is 0.227 e. The number of carbonyl (C=O) groups excluding carboxylic acids is 1. The Balaban J connectivity index is 1.69. The van der Waals surface area contributed by atoms with Gasteiger partial charge in [0.2, 0.25) is 5.91 Å². The molecule has 1 aromatic carbocycles. The molecule has 0 bridgehead atoms. The van der Waals surface area contributed by atoms with Gasteiger partial charge in [-0.1, -0.05) is 24.3 Å². The van der Waals surface area contributed by atoms with E-state index in [1.165, 1.54) is 4.88 Å². The molecular formula is C16H18N2O2S. The Morgan fingerprint density at radius 3 is 2.95 bits per heavy atom. The average molecular weight is 302 g/mol. The summed E-state index contributed by atoms with van der Waals surface area (Å²) in [5, 5.41) is 15.4. The van der Waals surface area contributed by atoms with E-state index >= 15 is 0 Å². The van der Waals surface area contributed by atoms with Crippen molar-refractivity contribution < 1.29 is 9.90 Å². The summed E-state index contributed by atoms with van der Waals surface area (Å²) < 4.78 is 0. The standard InChI is InChI=1S/C16H18N2O2S/c17-16(20)15-13-6-10(3-4-11(13)7-14(15)19)8-18-9-12-2-1-5-21-12/h1-6,14-15,18-19H,7-9H2,(H2,17,20)/t14-,15-/m1/s1. The summed E-state index contributed by atoms with van der Waals surface area (Å²) in [6.07, 6.45) is -0.182. The minimum atomic E-state index is -0.688. The third-order valence-electron chi connectivity index (χ3n) is 3.87. The number of carbonyl (C=O) groups is 1. The van der Waals surface area contributed by atoms with Crippen molar-refractivity contribution in [3.63, 3.8) is 0 Å². The first-order valence-electron chi connectivity index (χ1n) is 6.97. The number of hydrogen-bond acceptors (Lipinski definition) is 4. The first kappa shape index (κ1) is 14.3. The molecule has 21 heavy (non-hydrogen) atoms. The second-order valence-corrected chi connectivity index (χ2v) is 6.40. The Morgan fingerprint density at radius 1 is 1.38 bits per heavy atom. The van der Waals surface area contributed by atoms with Crippen LogP contribution in [0.5, 0.6) is 0 Å². The lowest BCUT2D eigenvalue weighted by atomic mass is 9.97. The maximum atomic E-state index is 11.5. The molecule has 0 saturated carbocycles. The SMILES string of the molecule is NC(=O)[C@@H]1c2cc(CNCc3cccs3)ccc2C[C@H]1O. The Morgan fingerprint density at radius 2 is 2.24 bits per heavy atom. The van der Waals surface area contributed by atoms with Gasteiger partial charge in [-0.15, -0.1) is 11.3 Å². The number of amides is 1. The molecule has 0 unspecified atom stereocenters. The van der Waals surface area contributed by atoms with E-state index in [0.29, 0.717) is 6.42 Å². The van der Waals surface area contributed by atoms with Crippen molar-refractivity contribution >= 4 is 17.2 Å². The van der Waals surface area contributed by atoms with Gasteiger partial charge in [-0.3, -0.25) is 4.79 Å². The molecule has 2 aromatic rings. The number of primary amides is 1. The lowest BCUT2D eigenvalue weighted by Crippen LogP contribution is -2.28. The lowest BCUT2D eigenvalue weighted by Gasteiger charge is -2.12. The number of thiophene rings is 1. The monoisotopic (exact) mass is 302 g/mol. The number of rotatable bonds is 5. The molecule has 1 aromatic heterocycles. The minimum Gasteiger partial charge on any atom is -0.392 e. The van der Waals surface area contributed by atoms with E-state index in [4.69, 9.17) is 5.73 Å². The van der Waals surface area contributed by atoms with Crippen LogP contribution in [0.2, 0.25) is 0 Å². The van der Waals surface area contributed by atoms with Crippen LogP contribution in [-0.2, 0) is 24.3 Å². The van der Waals surface area contributed by atoms with Crippen LogP contribution in [-0.4, -0.2) is 17.1 Å². The summed E-state index contributed by atoms with van der Waals surface area (Å²) >= 11 is 1.73. The van der Waals surface area contributed by atoms with E-state index < -0.39 is 17.9 Å². The van der Waals surface area contributed by atoms with Crippen molar-refractivity contribution in [2.24, 2.45) is 5.73 Å². The van der Waals surface area contributed by atoms with E-state index in [1.807, 2.05) is 24.3 Å². The van der Waals surface area contributed by atoms with Crippen LogP contribution in [0.3, 0.4) is 0 Å². The van der Waals surface area contributed by atoms with Crippen LogP contribution in [0.25, 0.3) is 0 Å². The van der Waals surface area contributed by atoms with Gasteiger partial charge < -0.3 is 16.2 Å². The summed E-state index contributed by atoms with van der Waals surface area (Å²) in [6.45, 7) is 1.56. The van der Waals surface area contributed by atoms with Crippen LogP contribution >= 0.6 is 11.3 Å². The molecule has 5 heteroatoms. The zero-order valence-corrected chi connectivity index (χ0v) is 12.4. The van der Waals surface area contributed by atoms with Crippen LogP contribution < -0.4 is 11.1 Å². The molecule has 0 spiro atoms. The number of hydrogen-bond donors (Lipinski definition) is 3. The van der Waals surface area contributed by atoms with Gasteiger partial charge in [-0.2, -0.15) is 0 Å². The van der Waals surface area contributed by atoms with Crippen molar-refractivity contribution in [1.82, 2.24) is 5.32 Å². The van der Waals surface area contributed by atoms with E-state index in [-0.39, 0.29) is 0 Å². The van der Waals surface area contributed by atoms with Crippen molar-refractivity contribution in [2.75, 3.05) is 0 Å². The van der Waals surface area contributed by atoms with Gasteiger partial charge in [-0.25, -0.2) is 0 Å². The van der Waals surface area contributed by atoms with Gasteiger partial charge in [0.25, 0.3) is 0 Å². The highest BCUT2D eigenvalue weighted by Gasteiger charge is 2.35. The van der Waals surface area contributed by atoms with E-state index in [2.05, 4.69) is 16.8 Å². The highest BCUT2D eigenvalue weighted by atomic mass is 32.1. The molecule has 1 aliphatic carbocycles. The van der Waals surface area contributed by atoms with Gasteiger partial charge in [0.15, 0.2) is 0 Å². The Kier molecular flexibility index (Phi) is 4.05. The van der Waals surface area contributed by atoms with E-state index in [1.54, 1.807) is 11.3 Å². The molecule has 0 saturated heterocycles. The first-order valence-corrected chi connectivity index (χ1v) is 7.85. The van der Waals surface area contributed by atoms with Crippen molar-refractivity contribution in [3.8, 4) is 0 Å². The summed E-state index contributed by atoms with van der Waals surface area (Å²) in [5.74, 6) is -1.03. The molecular weight excluding hydrogens is 284 g/mol. The van der Waals surface area contributed by atoms with Crippen LogP contribution in [0.4, 0.5) is 0 Å². The maximum absolute atomic E-state index is 11.5. The molecule has 2 atom stereocenters. The second-order valence-electron chi connectivity index (χ2n) is 5.37. The normalized spacial score (nSPS) is 20.4. The number of benzene rings is 1. The van der Waals surface area contributed by atoms with Crippen LogP contribution in [0, 0.1) is 0 Å². The Bertz CT molecular complexity index is 640. The molecule has 4 nitrogen and oxygen atoms in total. The third kappa shape index (κ3) is 3.00. The molecule has 0 fully saturated rings. The van der Waals surface area contributed by atoms with Gasteiger partial charge in [0.1, 0.15) is 0 Å². The molecule has 1 aliphatic rings. The quantitative estimate of drug-likeness (QED) is 0.784. The highest BCUT2D eigenvalue weighted by Crippen LogP contribution is 2.33. The highest BCUT2D eigenvalue weighted by molar-refractivity contribution is 7.09. The summed E-state index contributed by atoms with van der Waals surface area (Å²) in [6, 6.07) is 10.2. The number of aliphatic hydroxyl groups is 1. The molecule has 1 amide bonds. The maximum Gasteiger partial charge on any atom is 0.227 e. The zero-order chi connectivity index (χ0) is 14.8.